The van der Waals surface area contributed by atoms with Crippen LogP contribution in [0.5, 0.6) is 0 Å². The van der Waals surface area contributed by atoms with E-state index in [9.17, 15) is 9.59 Å². The maximum atomic E-state index is 11.9. The van der Waals surface area contributed by atoms with Crippen LogP contribution >= 0.6 is 11.3 Å². The van der Waals surface area contributed by atoms with Gasteiger partial charge in [-0.1, -0.05) is 30.3 Å². The zero-order valence-corrected chi connectivity index (χ0v) is 11.9. The topological polar surface area (TPSA) is 78.4 Å². The first-order chi connectivity index (χ1) is 10.1. The van der Waals surface area contributed by atoms with E-state index < -0.39 is 5.97 Å². The van der Waals surface area contributed by atoms with Crippen LogP contribution < -0.4 is 10.6 Å². The molecule has 1 aliphatic rings. The molecule has 5 nitrogen and oxygen atoms in total. The van der Waals surface area contributed by atoms with E-state index in [1.807, 2.05) is 30.3 Å². The fourth-order valence-electron chi connectivity index (χ4n) is 2.31. The predicted octanol–water partition coefficient (Wildman–Crippen LogP) is 3.12. The lowest BCUT2D eigenvalue weighted by Gasteiger charge is -2.06. The van der Waals surface area contributed by atoms with Crippen molar-refractivity contribution in [3.05, 3.63) is 52.9 Å². The third-order valence-corrected chi connectivity index (χ3v) is 4.29. The average molecular weight is 302 g/mol. The molecule has 0 spiro atoms. The van der Waals surface area contributed by atoms with Crippen molar-refractivity contribution in [3.8, 4) is 0 Å². The van der Waals surface area contributed by atoms with Crippen LogP contribution in [0.1, 0.15) is 28.3 Å². The maximum Gasteiger partial charge on any atom is 0.338 e. The quantitative estimate of drug-likeness (QED) is 0.812. The van der Waals surface area contributed by atoms with Crippen LogP contribution in [0.3, 0.4) is 0 Å². The molecule has 1 saturated carbocycles. The Kier molecular flexibility index (Phi) is 3.62. The van der Waals surface area contributed by atoms with Crippen molar-refractivity contribution >= 4 is 28.3 Å². The Balaban J connectivity index is 1.56. The summed E-state index contributed by atoms with van der Waals surface area (Å²) in [4.78, 5) is 22.9. The van der Waals surface area contributed by atoms with Crippen molar-refractivity contribution in [2.75, 3.05) is 5.32 Å². The second-order valence-corrected chi connectivity index (χ2v) is 5.84. The Hall–Kier alpha value is -2.34. The fourth-order valence-corrected chi connectivity index (χ4v) is 3.08. The number of carbonyl (C=O) groups excluding carboxylic acids is 1. The first-order valence-electron chi connectivity index (χ1n) is 6.58. The standard InChI is InChI=1S/C15H14N2O3S/c18-14(19)10-6-7-21-13(10)17-15(20)16-12-8-11(12)9-4-2-1-3-5-9/h1-7,11-12H,8H2,(H,18,19)(H2,16,17,20). The molecule has 3 N–H and O–H groups in total. The molecule has 1 aliphatic carbocycles. The smallest absolute Gasteiger partial charge is 0.338 e. The Labute approximate surface area is 125 Å². The number of amides is 2. The summed E-state index contributed by atoms with van der Waals surface area (Å²) in [5.74, 6) is -0.695. The van der Waals surface area contributed by atoms with Crippen molar-refractivity contribution in [3.63, 3.8) is 0 Å². The zero-order chi connectivity index (χ0) is 14.8. The molecular formula is C15H14N2O3S. The maximum absolute atomic E-state index is 11.9. The zero-order valence-electron chi connectivity index (χ0n) is 11.1. The number of rotatable bonds is 4. The molecule has 2 unspecified atom stereocenters. The molecular weight excluding hydrogens is 288 g/mol. The highest BCUT2D eigenvalue weighted by Crippen LogP contribution is 2.40. The number of hydrogen-bond donors (Lipinski definition) is 3. The summed E-state index contributed by atoms with van der Waals surface area (Å²) in [5, 5.41) is 16.5. The highest BCUT2D eigenvalue weighted by molar-refractivity contribution is 7.14. The third kappa shape index (κ3) is 3.05. The number of thiophene rings is 1. The van der Waals surface area contributed by atoms with Crippen LogP contribution in [0.25, 0.3) is 0 Å². The summed E-state index contributed by atoms with van der Waals surface area (Å²) < 4.78 is 0. The minimum Gasteiger partial charge on any atom is -0.478 e. The number of carbonyl (C=O) groups is 2. The third-order valence-electron chi connectivity index (χ3n) is 3.46. The van der Waals surface area contributed by atoms with Gasteiger partial charge >= 0.3 is 12.0 Å². The Morgan fingerprint density at radius 2 is 1.95 bits per heavy atom. The lowest BCUT2D eigenvalue weighted by atomic mass is 10.1. The van der Waals surface area contributed by atoms with E-state index in [4.69, 9.17) is 5.11 Å². The highest BCUT2D eigenvalue weighted by atomic mass is 32.1. The minimum absolute atomic E-state index is 0.112. The highest BCUT2D eigenvalue weighted by Gasteiger charge is 2.39. The van der Waals surface area contributed by atoms with Crippen LogP contribution in [-0.2, 0) is 0 Å². The second-order valence-electron chi connectivity index (χ2n) is 4.93. The van der Waals surface area contributed by atoms with Gasteiger partial charge in [-0.25, -0.2) is 9.59 Å². The van der Waals surface area contributed by atoms with Crippen molar-refractivity contribution in [1.82, 2.24) is 5.32 Å². The fraction of sp³-hybridized carbons (Fsp3) is 0.200. The molecule has 1 aromatic carbocycles. The molecule has 1 aromatic heterocycles. The van der Waals surface area contributed by atoms with Crippen molar-refractivity contribution in [2.24, 2.45) is 0 Å². The predicted molar refractivity (Wildman–Crippen MR) is 81.0 cm³/mol. The Bertz CT molecular complexity index is 669. The summed E-state index contributed by atoms with van der Waals surface area (Å²) >= 11 is 1.20. The Morgan fingerprint density at radius 3 is 2.67 bits per heavy atom. The van der Waals surface area contributed by atoms with Crippen molar-refractivity contribution in [1.29, 1.82) is 0 Å². The molecule has 108 valence electrons. The van der Waals surface area contributed by atoms with Gasteiger partial charge in [0.2, 0.25) is 0 Å². The first kappa shape index (κ1) is 13.6. The van der Waals surface area contributed by atoms with E-state index in [0.717, 1.165) is 6.42 Å². The van der Waals surface area contributed by atoms with E-state index in [2.05, 4.69) is 10.6 Å². The van der Waals surface area contributed by atoms with Crippen LogP contribution in [0.4, 0.5) is 9.80 Å². The van der Waals surface area contributed by atoms with E-state index in [-0.39, 0.29) is 17.6 Å². The summed E-state index contributed by atoms with van der Waals surface area (Å²) in [6, 6.07) is 11.3. The number of carboxylic acid groups (broad SMARTS) is 1. The summed E-state index contributed by atoms with van der Waals surface area (Å²) in [6.45, 7) is 0. The van der Waals surface area contributed by atoms with E-state index >= 15 is 0 Å². The Morgan fingerprint density at radius 1 is 1.19 bits per heavy atom. The van der Waals surface area contributed by atoms with Crippen LogP contribution in [0.2, 0.25) is 0 Å². The van der Waals surface area contributed by atoms with Gasteiger partial charge in [-0.3, -0.25) is 5.32 Å². The van der Waals surface area contributed by atoms with Gasteiger partial charge in [0.25, 0.3) is 0 Å². The van der Waals surface area contributed by atoms with Crippen molar-refractivity contribution in [2.45, 2.75) is 18.4 Å². The number of anilines is 1. The molecule has 1 heterocycles. The number of nitrogens with one attached hydrogen (secondary N) is 2. The molecule has 21 heavy (non-hydrogen) atoms. The second kappa shape index (κ2) is 5.57. The number of aromatic carboxylic acids is 1. The monoisotopic (exact) mass is 302 g/mol. The molecule has 0 saturated heterocycles. The summed E-state index contributed by atoms with van der Waals surface area (Å²) in [5.41, 5.74) is 1.33. The van der Waals surface area contributed by atoms with Gasteiger partial charge in [0, 0.05) is 12.0 Å². The van der Waals surface area contributed by atoms with Crippen LogP contribution in [0.15, 0.2) is 41.8 Å². The molecule has 2 amide bonds. The molecule has 2 aromatic rings. The lowest BCUT2D eigenvalue weighted by Crippen LogP contribution is -2.31. The molecule has 3 rings (SSSR count). The van der Waals surface area contributed by atoms with E-state index in [1.54, 1.807) is 5.38 Å². The van der Waals surface area contributed by atoms with Gasteiger partial charge in [0.15, 0.2) is 0 Å². The van der Waals surface area contributed by atoms with E-state index in [1.165, 1.54) is 23.0 Å². The van der Waals surface area contributed by atoms with Gasteiger partial charge in [-0.2, -0.15) is 0 Å². The van der Waals surface area contributed by atoms with Gasteiger partial charge in [-0.05, 0) is 23.4 Å². The normalized spacial score (nSPS) is 19.8. The number of hydrogen-bond acceptors (Lipinski definition) is 3. The lowest BCUT2D eigenvalue weighted by molar-refractivity contribution is 0.0698. The summed E-state index contributed by atoms with van der Waals surface area (Å²) in [7, 11) is 0. The number of urea groups is 1. The van der Waals surface area contributed by atoms with Gasteiger partial charge in [0.05, 0.1) is 5.56 Å². The number of benzene rings is 1. The molecule has 6 heteroatoms. The van der Waals surface area contributed by atoms with Crippen LogP contribution in [-0.4, -0.2) is 23.1 Å². The largest absolute Gasteiger partial charge is 0.478 e. The van der Waals surface area contributed by atoms with Crippen LogP contribution in [0, 0.1) is 0 Å². The molecule has 0 radical (unpaired) electrons. The molecule has 0 aliphatic heterocycles. The average Bonchev–Trinajstić information content (AvgIpc) is 3.06. The molecule has 1 fully saturated rings. The van der Waals surface area contributed by atoms with Gasteiger partial charge in [0.1, 0.15) is 5.00 Å². The van der Waals surface area contributed by atoms with Gasteiger partial charge in [-0.15, -0.1) is 11.3 Å². The number of carboxylic acids is 1. The minimum atomic E-state index is -1.04. The molecule has 0 bridgehead atoms. The summed E-state index contributed by atoms with van der Waals surface area (Å²) in [6.07, 6.45) is 0.910. The van der Waals surface area contributed by atoms with Gasteiger partial charge < -0.3 is 10.4 Å². The SMILES string of the molecule is O=C(Nc1sccc1C(=O)O)NC1CC1c1ccccc1. The molecule has 2 atom stereocenters. The van der Waals surface area contributed by atoms with E-state index in [0.29, 0.717) is 10.9 Å². The first-order valence-corrected chi connectivity index (χ1v) is 7.46. The van der Waals surface area contributed by atoms with Crippen molar-refractivity contribution < 1.29 is 14.7 Å².